The molecule has 1 aromatic carbocycles. The van der Waals surface area contributed by atoms with E-state index in [4.69, 9.17) is 10.5 Å². The van der Waals surface area contributed by atoms with Gasteiger partial charge in [-0.05, 0) is 49.9 Å². The number of allylic oxidation sites excluding steroid dienone is 2. The van der Waals surface area contributed by atoms with E-state index in [9.17, 15) is 0 Å². The molecule has 3 heteroatoms. The second-order valence-corrected chi connectivity index (χ2v) is 4.65. The molecule has 0 aliphatic carbocycles. The molecule has 18 heavy (non-hydrogen) atoms. The number of aryl methyl sites for hydroxylation is 2. The van der Waals surface area contributed by atoms with Crippen LogP contribution in [0.3, 0.4) is 0 Å². The van der Waals surface area contributed by atoms with E-state index in [-0.39, 0.29) is 5.57 Å². The summed E-state index contributed by atoms with van der Waals surface area (Å²) >= 11 is 0. The van der Waals surface area contributed by atoms with Gasteiger partial charge >= 0.3 is 0 Å². The maximum Gasteiger partial charge on any atom is 0.149 e. The summed E-state index contributed by atoms with van der Waals surface area (Å²) in [6.07, 6.45) is 1.80. The maximum absolute atomic E-state index is 9.00. The first kappa shape index (κ1) is 12.2. The van der Waals surface area contributed by atoms with Crippen LogP contribution in [0.15, 0.2) is 29.5 Å². The topological polar surface area (TPSA) is 50.8 Å². The van der Waals surface area contributed by atoms with Gasteiger partial charge in [0.25, 0.3) is 0 Å². The zero-order valence-electron chi connectivity index (χ0n) is 10.7. The van der Waals surface area contributed by atoms with Gasteiger partial charge in [-0.15, -0.1) is 0 Å². The van der Waals surface area contributed by atoms with Gasteiger partial charge in [0.2, 0.25) is 0 Å². The van der Waals surface area contributed by atoms with Crippen molar-refractivity contribution in [2.75, 3.05) is 11.4 Å². The molecule has 1 aromatic rings. The molecule has 1 heterocycles. The zero-order chi connectivity index (χ0) is 13.1. The van der Waals surface area contributed by atoms with E-state index in [1.165, 1.54) is 11.1 Å². The van der Waals surface area contributed by atoms with E-state index in [2.05, 4.69) is 36.9 Å². The average Bonchev–Trinajstić information content (AvgIpc) is 2.78. The molecule has 0 saturated carbocycles. The Bertz CT molecular complexity index is 548. The molecule has 0 radical (unpaired) electrons. The molecule has 1 fully saturated rings. The molecule has 1 aliphatic rings. The van der Waals surface area contributed by atoms with E-state index in [1.54, 1.807) is 0 Å². The van der Waals surface area contributed by atoms with Gasteiger partial charge in [-0.2, -0.15) is 10.5 Å². The van der Waals surface area contributed by atoms with Crippen LogP contribution in [0.4, 0.5) is 5.69 Å². The molecule has 3 nitrogen and oxygen atoms in total. The van der Waals surface area contributed by atoms with E-state index < -0.39 is 0 Å². The second kappa shape index (κ2) is 4.94. The molecule has 0 N–H and O–H groups in total. The van der Waals surface area contributed by atoms with Crippen LogP contribution in [0, 0.1) is 36.5 Å². The van der Waals surface area contributed by atoms with Crippen molar-refractivity contribution < 1.29 is 0 Å². The minimum atomic E-state index is 0.242. The normalized spacial score (nSPS) is 14.2. The SMILES string of the molecule is Cc1cc(C)cc(N2CCCC2=C(C#N)C#N)c1. The van der Waals surface area contributed by atoms with Crippen molar-refractivity contribution in [3.05, 3.63) is 40.6 Å². The van der Waals surface area contributed by atoms with Crippen LogP contribution in [0.25, 0.3) is 0 Å². The average molecular weight is 237 g/mol. The van der Waals surface area contributed by atoms with Crippen LogP contribution in [-0.4, -0.2) is 6.54 Å². The van der Waals surface area contributed by atoms with Crippen molar-refractivity contribution in [2.24, 2.45) is 0 Å². The lowest BCUT2D eigenvalue weighted by molar-refractivity contribution is 0.955. The monoisotopic (exact) mass is 237 g/mol. The number of nitriles is 2. The molecule has 0 atom stereocenters. The minimum absolute atomic E-state index is 0.242. The first-order valence-electron chi connectivity index (χ1n) is 6.05. The maximum atomic E-state index is 9.00. The predicted octanol–water partition coefficient (Wildman–Crippen LogP) is 3.20. The third-order valence-corrected chi connectivity index (χ3v) is 3.15. The molecule has 0 unspecified atom stereocenters. The smallest absolute Gasteiger partial charge is 0.149 e. The summed E-state index contributed by atoms with van der Waals surface area (Å²) in [7, 11) is 0. The summed E-state index contributed by atoms with van der Waals surface area (Å²) in [4.78, 5) is 2.10. The Labute approximate surface area is 108 Å². The lowest BCUT2D eigenvalue weighted by atomic mass is 10.1. The van der Waals surface area contributed by atoms with Crippen LogP contribution in [0.2, 0.25) is 0 Å². The van der Waals surface area contributed by atoms with E-state index in [1.807, 2.05) is 12.1 Å². The fourth-order valence-electron chi connectivity index (χ4n) is 2.48. The van der Waals surface area contributed by atoms with Crippen molar-refractivity contribution >= 4 is 5.69 Å². The molecule has 0 amide bonds. The van der Waals surface area contributed by atoms with Crippen molar-refractivity contribution in [1.82, 2.24) is 0 Å². The fourth-order valence-corrected chi connectivity index (χ4v) is 2.48. The van der Waals surface area contributed by atoms with Gasteiger partial charge in [0.15, 0.2) is 0 Å². The Morgan fingerprint density at radius 3 is 2.28 bits per heavy atom. The molecular weight excluding hydrogens is 222 g/mol. The second-order valence-electron chi connectivity index (χ2n) is 4.65. The lowest BCUT2D eigenvalue weighted by Gasteiger charge is -2.21. The standard InChI is InChI=1S/C15H15N3/c1-11-6-12(2)8-14(7-11)18-5-3-4-15(18)13(9-16)10-17/h6-8H,3-5H2,1-2H3. The minimum Gasteiger partial charge on any atom is -0.343 e. The van der Waals surface area contributed by atoms with Gasteiger partial charge in [0, 0.05) is 17.9 Å². The van der Waals surface area contributed by atoms with E-state index in [0.29, 0.717) is 0 Å². The van der Waals surface area contributed by atoms with Gasteiger partial charge in [-0.25, -0.2) is 0 Å². The van der Waals surface area contributed by atoms with Gasteiger partial charge in [0.05, 0.1) is 0 Å². The molecule has 0 bridgehead atoms. The number of anilines is 1. The third-order valence-electron chi connectivity index (χ3n) is 3.15. The van der Waals surface area contributed by atoms with Crippen LogP contribution >= 0.6 is 0 Å². The highest BCUT2D eigenvalue weighted by atomic mass is 15.2. The number of hydrogen-bond acceptors (Lipinski definition) is 3. The first-order chi connectivity index (χ1) is 8.65. The summed E-state index contributed by atoms with van der Waals surface area (Å²) in [5.74, 6) is 0. The quantitative estimate of drug-likeness (QED) is 0.705. The van der Waals surface area contributed by atoms with E-state index in [0.717, 1.165) is 30.8 Å². The highest BCUT2D eigenvalue weighted by Gasteiger charge is 2.22. The van der Waals surface area contributed by atoms with E-state index >= 15 is 0 Å². The Kier molecular flexibility index (Phi) is 3.35. The highest BCUT2D eigenvalue weighted by Crippen LogP contribution is 2.31. The Balaban J connectivity index is 2.48. The third kappa shape index (κ3) is 2.21. The molecule has 0 spiro atoms. The lowest BCUT2D eigenvalue weighted by Crippen LogP contribution is -2.17. The number of rotatable bonds is 1. The van der Waals surface area contributed by atoms with Crippen molar-refractivity contribution in [3.63, 3.8) is 0 Å². The Morgan fingerprint density at radius 1 is 1.11 bits per heavy atom. The summed E-state index contributed by atoms with van der Waals surface area (Å²) in [5, 5.41) is 18.0. The molecule has 2 rings (SSSR count). The first-order valence-corrected chi connectivity index (χ1v) is 6.05. The van der Waals surface area contributed by atoms with Crippen molar-refractivity contribution in [2.45, 2.75) is 26.7 Å². The van der Waals surface area contributed by atoms with Crippen LogP contribution in [-0.2, 0) is 0 Å². The number of nitrogens with zero attached hydrogens (tertiary/aromatic N) is 3. The van der Waals surface area contributed by atoms with Crippen molar-refractivity contribution in [3.8, 4) is 12.1 Å². The highest BCUT2D eigenvalue weighted by molar-refractivity contribution is 5.60. The van der Waals surface area contributed by atoms with Crippen molar-refractivity contribution in [1.29, 1.82) is 10.5 Å². The summed E-state index contributed by atoms with van der Waals surface area (Å²) in [5.41, 5.74) is 4.60. The summed E-state index contributed by atoms with van der Waals surface area (Å²) in [6, 6.07) is 10.3. The molecule has 1 aliphatic heterocycles. The van der Waals surface area contributed by atoms with Gasteiger partial charge in [-0.1, -0.05) is 6.07 Å². The molecule has 1 saturated heterocycles. The number of benzene rings is 1. The molecular formula is C15H15N3. The summed E-state index contributed by atoms with van der Waals surface area (Å²) in [6.45, 7) is 5.00. The van der Waals surface area contributed by atoms with Gasteiger partial charge < -0.3 is 4.90 Å². The van der Waals surface area contributed by atoms with Gasteiger partial charge in [-0.3, -0.25) is 0 Å². The zero-order valence-corrected chi connectivity index (χ0v) is 10.7. The number of hydrogen-bond donors (Lipinski definition) is 0. The van der Waals surface area contributed by atoms with Crippen LogP contribution < -0.4 is 4.90 Å². The van der Waals surface area contributed by atoms with Crippen LogP contribution in [0.5, 0.6) is 0 Å². The largest absolute Gasteiger partial charge is 0.343 e. The molecule has 90 valence electrons. The Morgan fingerprint density at radius 2 is 1.72 bits per heavy atom. The van der Waals surface area contributed by atoms with Gasteiger partial charge in [0.1, 0.15) is 17.7 Å². The van der Waals surface area contributed by atoms with Crippen LogP contribution in [0.1, 0.15) is 24.0 Å². The molecule has 0 aromatic heterocycles. The summed E-state index contributed by atoms with van der Waals surface area (Å²) < 4.78 is 0. The predicted molar refractivity (Wildman–Crippen MR) is 70.7 cm³/mol. The fraction of sp³-hybridized carbons (Fsp3) is 0.333. The Hall–Kier alpha value is -2.26.